The van der Waals surface area contributed by atoms with Gasteiger partial charge < -0.3 is 19.5 Å². The van der Waals surface area contributed by atoms with Crippen LogP contribution < -0.4 is 14.8 Å². The van der Waals surface area contributed by atoms with Gasteiger partial charge >= 0.3 is 5.97 Å². The zero-order valence-corrected chi connectivity index (χ0v) is 12.3. The topological polar surface area (TPSA) is 56.8 Å². The molecule has 0 bridgehead atoms. The molecule has 0 saturated heterocycles. The second kappa shape index (κ2) is 9.20. The molecule has 0 aromatic heterocycles. The van der Waals surface area contributed by atoms with Gasteiger partial charge in [-0.05, 0) is 44.2 Å². The summed E-state index contributed by atoms with van der Waals surface area (Å²) < 4.78 is 15.7. The Kier molecular flexibility index (Phi) is 7.50. The Morgan fingerprint density at radius 3 is 2.40 bits per heavy atom. The van der Waals surface area contributed by atoms with Gasteiger partial charge in [0.05, 0.1) is 13.7 Å². The summed E-state index contributed by atoms with van der Waals surface area (Å²) in [6, 6.07) is 6.79. The number of benzene rings is 1. The minimum atomic E-state index is -0.447. The summed E-state index contributed by atoms with van der Waals surface area (Å²) in [5.74, 6) is 1.18. The molecule has 1 atom stereocenters. The smallest absolute Gasteiger partial charge is 0.326 e. The summed E-state index contributed by atoms with van der Waals surface area (Å²) in [4.78, 5) is 11.8. The van der Waals surface area contributed by atoms with Crippen molar-refractivity contribution in [3.63, 3.8) is 0 Å². The van der Waals surface area contributed by atoms with E-state index in [4.69, 9.17) is 14.2 Å². The fraction of sp³-hybridized carbons (Fsp3) is 0.533. The lowest BCUT2D eigenvalue weighted by molar-refractivity contribution is -0.146. The molecule has 1 aromatic rings. The highest BCUT2D eigenvalue weighted by Gasteiger charge is 2.19. The van der Waals surface area contributed by atoms with Gasteiger partial charge in [-0.3, -0.25) is 4.79 Å². The van der Waals surface area contributed by atoms with E-state index >= 15 is 0 Å². The zero-order valence-electron chi connectivity index (χ0n) is 12.3. The Morgan fingerprint density at radius 2 is 1.85 bits per heavy atom. The monoisotopic (exact) mass is 281 g/mol. The fourth-order valence-electron chi connectivity index (χ4n) is 1.62. The van der Waals surface area contributed by atoms with Crippen LogP contribution in [0.2, 0.25) is 0 Å². The van der Waals surface area contributed by atoms with Gasteiger partial charge in [-0.25, -0.2) is 0 Å². The van der Waals surface area contributed by atoms with E-state index in [1.54, 1.807) is 26.2 Å². The number of esters is 1. The molecule has 0 fully saturated rings. The van der Waals surface area contributed by atoms with E-state index in [9.17, 15) is 4.79 Å². The third kappa shape index (κ3) is 5.48. The van der Waals surface area contributed by atoms with Crippen LogP contribution in [0.1, 0.15) is 20.3 Å². The van der Waals surface area contributed by atoms with E-state index < -0.39 is 6.04 Å². The van der Waals surface area contributed by atoms with Gasteiger partial charge in [0.2, 0.25) is 0 Å². The molecule has 1 unspecified atom stereocenters. The number of hydrogen-bond donors (Lipinski definition) is 1. The zero-order chi connectivity index (χ0) is 14.8. The lowest BCUT2D eigenvalue weighted by atomic mass is 10.3. The summed E-state index contributed by atoms with van der Waals surface area (Å²) in [7, 11) is 1.61. The number of carbonyl (C=O) groups is 1. The molecular formula is C15H23NO4. The van der Waals surface area contributed by atoms with Crippen LogP contribution in [0.25, 0.3) is 0 Å². The number of ether oxygens (including phenoxy) is 3. The SMILES string of the molecule is CCCNC(COc1ccc(OC)cc1)C(=O)OCC. The van der Waals surface area contributed by atoms with Crippen molar-refractivity contribution in [1.82, 2.24) is 5.32 Å². The first-order valence-electron chi connectivity index (χ1n) is 6.88. The predicted octanol–water partition coefficient (Wildman–Crippen LogP) is 2.01. The molecule has 5 heteroatoms. The van der Waals surface area contributed by atoms with Crippen molar-refractivity contribution in [2.45, 2.75) is 26.3 Å². The second-order valence-corrected chi connectivity index (χ2v) is 4.25. The Bertz CT molecular complexity index is 391. The van der Waals surface area contributed by atoms with Crippen LogP contribution in [0.3, 0.4) is 0 Å². The second-order valence-electron chi connectivity index (χ2n) is 4.25. The third-order valence-corrected chi connectivity index (χ3v) is 2.69. The van der Waals surface area contributed by atoms with E-state index in [0.29, 0.717) is 12.4 Å². The number of carbonyl (C=O) groups excluding carboxylic acids is 1. The highest BCUT2D eigenvalue weighted by molar-refractivity contribution is 5.76. The maximum absolute atomic E-state index is 11.8. The minimum absolute atomic E-state index is 0.241. The molecule has 0 aliphatic heterocycles. The van der Waals surface area contributed by atoms with Crippen molar-refractivity contribution < 1.29 is 19.0 Å². The summed E-state index contributed by atoms with van der Waals surface area (Å²) in [5, 5.41) is 3.12. The molecule has 112 valence electrons. The average molecular weight is 281 g/mol. The quantitative estimate of drug-likeness (QED) is 0.702. The fourth-order valence-corrected chi connectivity index (χ4v) is 1.62. The van der Waals surface area contributed by atoms with Crippen molar-refractivity contribution in [3.8, 4) is 11.5 Å². The summed E-state index contributed by atoms with van der Waals surface area (Å²) in [5.41, 5.74) is 0. The highest BCUT2D eigenvalue weighted by atomic mass is 16.5. The van der Waals surface area contributed by atoms with Gasteiger partial charge in [-0.15, -0.1) is 0 Å². The molecule has 0 saturated carbocycles. The molecule has 1 aromatic carbocycles. The summed E-state index contributed by atoms with van der Waals surface area (Å²) >= 11 is 0. The van der Waals surface area contributed by atoms with Gasteiger partial charge in [-0.1, -0.05) is 6.92 Å². The average Bonchev–Trinajstić information content (AvgIpc) is 2.48. The maximum atomic E-state index is 11.8. The lowest BCUT2D eigenvalue weighted by Gasteiger charge is -2.17. The highest BCUT2D eigenvalue weighted by Crippen LogP contribution is 2.17. The number of hydrogen-bond acceptors (Lipinski definition) is 5. The normalized spacial score (nSPS) is 11.8. The molecule has 20 heavy (non-hydrogen) atoms. The maximum Gasteiger partial charge on any atom is 0.326 e. The Morgan fingerprint density at radius 1 is 1.20 bits per heavy atom. The first-order chi connectivity index (χ1) is 9.71. The van der Waals surface area contributed by atoms with Crippen LogP contribution >= 0.6 is 0 Å². The largest absolute Gasteiger partial charge is 0.497 e. The Hall–Kier alpha value is -1.75. The number of nitrogens with one attached hydrogen (secondary N) is 1. The molecule has 0 spiro atoms. The Balaban J connectivity index is 2.52. The van der Waals surface area contributed by atoms with Crippen LogP contribution in [0.5, 0.6) is 11.5 Å². The van der Waals surface area contributed by atoms with Crippen LogP contribution in [0, 0.1) is 0 Å². The van der Waals surface area contributed by atoms with Crippen molar-refractivity contribution >= 4 is 5.97 Å². The molecule has 0 heterocycles. The molecule has 0 aliphatic rings. The summed E-state index contributed by atoms with van der Waals surface area (Å²) in [6.45, 7) is 5.19. The summed E-state index contributed by atoms with van der Waals surface area (Å²) in [6.07, 6.45) is 0.943. The van der Waals surface area contributed by atoms with E-state index in [1.165, 1.54) is 0 Å². The molecule has 1 N–H and O–H groups in total. The van der Waals surface area contributed by atoms with Crippen LogP contribution in [-0.4, -0.2) is 38.9 Å². The molecule has 1 rings (SSSR count). The van der Waals surface area contributed by atoms with Crippen molar-refractivity contribution in [2.24, 2.45) is 0 Å². The molecule has 0 aliphatic carbocycles. The van der Waals surface area contributed by atoms with Gasteiger partial charge in [0.15, 0.2) is 0 Å². The van der Waals surface area contributed by atoms with Crippen LogP contribution in [-0.2, 0) is 9.53 Å². The van der Waals surface area contributed by atoms with Gasteiger partial charge in [0, 0.05) is 0 Å². The van der Waals surface area contributed by atoms with Gasteiger partial charge in [0.1, 0.15) is 24.1 Å². The molecule has 0 radical (unpaired) electrons. The first-order valence-corrected chi connectivity index (χ1v) is 6.88. The molecular weight excluding hydrogens is 258 g/mol. The minimum Gasteiger partial charge on any atom is -0.497 e. The van der Waals surface area contributed by atoms with E-state index in [2.05, 4.69) is 5.32 Å². The molecule has 5 nitrogen and oxygen atoms in total. The van der Waals surface area contributed by atoms with E-state index in [1.807, 2.05) is 19.1 Å². The van der Waals surface area contributed by atoms with Crippen molar-refractivity contribution in [2.75, 3.05) is 26.9 Å². The van der Waals surface area contributed by atoms with E-state index in [0.717, 1.165) is 18.7 Å². The van der Waals surface area contributed by atoms with Crippen molar-refractivity contribution in [3.05, 3.63) is 24.3 Å². The Labute approximate surface area is 120 Å². The number of rotatable bonds is 9. The van der Waals surface area contributed by atoms with Crippen LogP contribution in [0.15, 0.2) is 24.3 Å². The van der Waals surface area contributed by atoms with E-state index in [-0.39, 0.29) is 12.6 Å². The van der Waals surface area contributed by atoms with Gasteiger partial charge in [-0.2, -0.15) is 0 Å². The predicted molar refractivity (Wildman–Crippen MR) is 77.2 cm³/mol. The third-order valence-electron chi connectivity index (χ3n) is 2.69. The standard InChI is InChI=1S/C15H23NO4/c1-4-10-16-14(15(17)19-5-2)11-20-13-8-6-12(18-3)7-9-13/h6-9,14,16H,4-5,10-11H2,1-3H3. The molecule has 0 amide bonds. The van der Waals surface area contributed by atoms with Gasteiger partial charge in [0.25, 0.3) is 0 Å². The van der Waals surface area contributed by atoms with Crippen LogP contribution in [0.4, 0.5) is 0 Å². The lowest BCUT2D eigenvalue weighted by Crippen LogP contribution is -2.43. The van der Waals surface area contributed by atoms with Crippen molar-refractivity contribution in [1.29, 1.82) is 0 Å². The first kappa shape index (κ1) is 16.3. The number of methoxy groups -OCH3 is 1.